The number of aromatic nitrogens is 2. The Kier molecular flexibility index (Phi) is 4.49. The minimum atomic E-state index is -3.95. The molecule has 0 amide bonds. The first-order chi connectivity index (χ1) is 9.30. The molecular formula is C11H9Cl3N2O3S. The zero-order valence-corrected chi connectivity index (χ0v) is 13.3. The molecule has 1 aromatic carbocycles. The minimum Gasteiger partial charge on any atom is -0.486 e. The van der Waals surface area contributed by atoms with E-state index in [9.17, 15) is 8.42 Å². The molecule has 20 heavy (non-hydrogen) atoms. The number of imidazole rings is 1. The molecule has 0 saturated carbocycles. The zero-order chi connectivity index (χ0) is 14.9. The Balaban J connectivity index is 2.27. The molecule has 0 radical (unpaired) electrons. The first-order valence-corrected chi connectivity index (χ1v) is 8.38. The van der Waals surface area contributed by atoms with Gasteiger partial charge in [-0.3, -0.25) is 0 Å². The molecule has 1 aromatic heterocycles. The molecule has 0 aliphatic carbocycles. The molecule has 0 fully saturated rings. The van der Waals surface area contributed by atoms with Gasteiger partial charge in [-0.25, -0.2) is 13.4 Å². The van der Waals surface area contributed by atoms with Crippen LogP contribution in [0, 0.1) is 0 Å². The van der Waals surface area contributed by atoms with Crippen LogP contribution in [0.3, 0.4) is 0 Å². The van der Waals surface area contributed by atoms with Crippen LogP contribution in [0.4, 0.5) is 0 Å². The second kappa shape index (κ2) is 5.81. The minimum absolute atomic E-state index is 0.00411. The van der Waals surface area contributed by atoms with E-state index in [2.05, 4.69) is 4.98 Å². The summed E-state index contributed by atoms with van der Waals surface area (Å²) < 4.78 is 29.8. The van der Waals surface area contributed by atoms with Crippen molar-refractivity contribution in [3.8, 4) is 5.75 Å². The average molecular weight is 356 g/mol. The van der Waals surface area contributed by atoms with Crippen LogP contribution in [0.2, 0.25) is 10.0 Å². The molecule has 0 aliphatic heterocycles. The molecule has 2 aromatic rings. The molecule has 0 aliphatic rings. The highest BCUT2D eigenvalue weighted by Gasteiger charge is 2.20. The predicted molar refractivity (Wildman–Crippen MR) is 77.0 cm³/mol. The lowest BCUT2D eigenvalue weighted by Crippen LogP contribution is -2.02. The third-order valence-electron chi connectivity index (χ3n) is 2.57. The van der Waals surface area contributed by atoms with Crippen LogP contribution in [-0.2, 0) is 22.7 Å². The number of aryl methyl sites for hydroxylation is 1. The number of benzene rings is 1. The largest absolute Gasteiger partial charge is 0.486 e. The van der Waals surface area contributed by atoms with Gasteiger partial charge in [-0.2, -0.15) is 0 Å². The molecule has 0 unspecified atom stereocenters. The summed E-state index contributed by atoms with van der Waals surface area (Å²) in [5, 5.41) is -0.167. The number of nitrogens with zero attached hydrogens (tertiary/aromatic N) is 2. The van der Waals surface area contributed by atoms with Crippen molar-refractivity contribution < 1.29 is 13.2 Å². The van der Waals surface area contributed by atoms with Gasteiger partial charge in [-0.15, -0.1) is 0 Å². The van der Waals surface area contributed by atoms with Crippen LogP contribution >= 0.6 is 33.9 Å². The van der Waals surface area contributed by atoms with Crippen molar-refractivity contribution in [2.24, 2.45) is 7.05 Å². The van der Waals surface area contributed by atoms with Crippen molar-refractivity contribution in [1.29, 1.82) is 0 Å². The molecule has 0 atom stereocenters. The monoisotopic (exact) mass is 354 g/mol. The van der Waals surface area contributed by atoms with E-state index in [1.54, 1.807) is 17.1 Å². The Labute approximate surface area is 130 Å². The highest BCUT2D eigenvalue weighted by Crippen LogP contribution is 2.38. The molecule has 108 valence electrons. The molecule has 0 bridgehead atoms. The fourth-order valence-electron chi connectivity index (χ4n) is 1.49. The highest BCUT2D eigenvalue weighted by atomic mass is 35.7. The van der Waals surface area contributed by atoms with Gasteiger partial charge in [0.1, 0.15) is 22.3 Å². The first-order valence-electron chi connectivity index (χ1n) is 5.31. The standard InChI is InChI=1S/C11H9Cl3N2O3S/c1-16-6-15-4-7(16)5-19-8-2-3-9(20(14,17)18)11(13)10(8)12/h2-4,6H,5H2,1H3. The quantitative estimate of drug-likeness (QED) is 0.790. The van der Waals surface area contributed by atoms with E-state index in [1.807, 2.05) is 7.05 Å². The number of ether oxygens (including phenoxy) is 1. The lowest BCUT2D eigenvalue weighted by molar-refractivity contribution is 0.297. The van der Waals surface area contributed by atoms with E-state index >= 15 is 0 Å². The first kappa shape index (κ1) is 15.4. The summed E-state index contributed by atoms with van der Waals surface area (Å²) in [4.78, 5) is 3.70. The predicted octanol–water partition coefficient (Wildman–Crippen LogP) is 3.23. The molecule has 0 saturated heterocycles. The second-order valence-corrected chi connectivity index (χ2v) is 7.20. The summed E-state index contributed by atoms with van der Waals surface area (Å²) in [5.74, 6) is 0.266. The number of hydrogen-bond donors (Lipinski definition) is 0. The van der Waals surface area contributed by atoms with Gasteiger partial charge in [0.2, 0.25) is 0 Å². The van der Waals surface area contributed by atoms with Crippen molar-refractivity contribution in [3.63, 3.8) is 0 Å². The fraction of sp³-hybridized carbons (Fsp3) is 0.182. The van der Waals surface area contributed by atoms with E-state index in [1.165, 1.54) is 12.1 Å². The van der Waals surface area contributed by atoms with E-state index < -0.39 is 9.05 Å². The van der Waals surface area contributed by atoms with Crippen LogP contribution in [0.1, 0.15) is 5.69 Å². The summed E-state index contributed by atoms with van der Waals surface area (Å²) in [6.07, 6.45) is 3.28. The van der Waals surface area contributed by atoms with Gasteiger partial charge in [0.25, 0.3) is 9.05 Å². The van der Waals surface area contributed by atoms with Crippen molar-refractivity contribution in [2.45, 2.75) is 11.5 Å². The van der Waals surface area contributed by atoms with Crippen LogP contribution in [0.15, 0.2) is 29.6 Å². The molecule has 0 spiro atoms. The lowest BCUT2D eigenvalue weighted by atomic mass is 10.3. The fourth-order valence-corrected chi connectivity index (χ4v) is 3.28. The molecular weight excluding hydrogens is 347 g/mol. The molecule has 2 rings (SSSR count). The van der Waals surface area contributed by atoms with Gasteiger partial charge in [0.05, 0.1) is 23.2 Å². The van der Waals surface area contributed by atoms with Gasteiger partial charge in [-0.1, -0.05) is 23.2 Å². The van der Waals surface area contributed by atoms with E-state index in [-0.39, 0.29) is 27.3 Å². The van der Waals surface area contributed by atoms with Crippen LogP contribution in [0.5, 0.6) is 5.75 Å². The average Bonchev–Trinajstić information content (AvgIpc) is 2.75. The third-order valence-corrected chi connectivity index (χ3v) is 4.91. The van der Waals surface area contributed by atoms with Crippen molar-refractivity contribution >= 4 is 42.9 Å². The normalized spacial score (nSPS) is 11.6. The molecule has 0 N–H and O–H groups in total. The van der Waals surface area contributed by atoms with Crippen LogP contribution in [0.25, 0.3) is 0 Å². The summed E-state index contributed by atoms with van der Waals surface area (Å²) in [7, 11) is 3.12. The molecule has 1 heterocycles. The van der Waals surface area contributed by atoms with Gasteiger partial charge < -0.3 is 9.30 Å². The number of halogens is 3. The SMILES string of the molecule is Cn1cncc1COc1ccc(S(=O)(=O)Cl)c(Cl)c1Cl. The topological polar surface area (TPSA) is 61.2 Å². The zero-order valence-electron chi connectivity index (χ0n) is 10.2. The Bertz CT molecular complexity index is 743. The summed E-state index contributed by atoms with van der Waals surface area (Å²) >= 11 is 11.9. The third kappa shape index (κ3) is 3.20. The smallest absolute Gasteiger partial charge is 0.262 e. The maximum absolute atomic E-state index is 11.3. The van der Waals surface area contributed by atoms with Crippen LogP contribution in [-0.4, -0.2) is 18.0 Å². The maximum atomic E-state index is 11.3. The Morgan fingerprint density at radius 1 is 1.30 bits per heavy atom. The molecule has 9 heteroatoms. The van der Waals surface area contributed by atoms with Gasteiger partial charge >= 0.3 is 0 Å². The van der Waals surface area contributed by atoms with Gasteiger partial charge in [0, 0.05) is 17.7 Å². The van der Waals surface area contributed by atoms with Gasteiger partial charge in [0.15, 0.2) is 0 Å². The van der Waals surface area contributed by atoms with E-state index in [4.69, 9.17) is 38.6 Å². The van der Waals surface area contributed by atoms with Crippen molar-refractivity contribution in [2.75, 3.05) is 0 Å². The summed E-state index contributed by atoms with van der Waals surface area (Å²) in [5.41, 5.74) is 0.825. The second-order valence-electron chi connectivity index (χ2n) is 3.91. The maximum Gasteiger partial charge on any atom is 0.262 e. The summed E-state index contributed by atoms with van der Waals surface area (Å²) in [6, 6.07) is 2.65. The van der Waals surface area contributed by atoms with E-state index in [0.717, 1.165) is 5.69 Å². The Hall–Kier alpha value is -0.950. The Morgan fingerprint density at radius 2 is 2.00 bits per heavy atom. The number of rotatable bonds is 4. The van der Waals surface area contributed by atoms with Crippen molar-refractivity contribution in [3.05, 3.63) is 40.4 Å². The Morgan fingerprint density at radius 3 is 2.55 bits per heavy atom. The summed E-state index contributed by atoms with van der Waals surface area (Å²) in [6.45, 7) is 0.222. The van der Waals surface area contributed by atoms with Crippen LogP contribution < -0.4 is 4.74 Å². The number of hydrogen-bond acceptors (Lipinski definition) is 4. The van der Waals surface area contributed by atoms with E-state index in [0.29, 0.717) is 0 Å². The van der Waals surface area contributed by atoms with Gasteiger partial charge in [-0.05, 0) is 12.1 Å². The lowest BCUT2D eigenvalue weighted by Gasteiger charge is -2.10. The molecule has 5 nitrogen and oxygen atoms in total. The highest BCUT2D eigenvalue weighted by molar-refractivity contribution is 8.13. The van der Waals surface area contributed by atoms with Crippen molar-refractivity contribution in [1.82, 2.24) is 9.55 Å².